The van der Waals surface area contributed by atoms with Crippen LogP contribution < -0.4 is 0 Å². The normalized spacial score (nSPS) is 15.9. The molecule has 1 aliphatic rings. The van der Waals surface area contributed by atoms with Crippen LogP contribution >= 0.6 is 0 Å². The number of aromatic nitrogens is 2. The number of carbonyl (C=O) groups is 1. The van der Waals surface area contributed by atoms with Gasteiger partial charge in [0.15, 0.2) is 0 Å². The Bertz CT molecular complexity index is 536. The van der Waals surface area contributed by atoms with Crippen molar-refractivity contribution in [3.05, 3.63) is 30.1 Å². The molecule has 1 aromatic carbocycles. The zero-order valence-electron chi connectivity index (χ0n) is 10.5. The summed E-state index contributed by atoms with van der Waals surface area (Å²) >= 11 is 0. The highest BCUT2D eigenvalue weighted by atomic mass is 16.2. The number of nitrogens with zero attached hydrogens (tertiary/aromatic N) is 2. The van der Waals surface area contributed by atoms with Crippen LogP contribution in [0.2, 0.25) is 0 Å². The number of hydrogen-bond acceptors (Lipinski definition) is 2. The summed E-state index contributed by atoms with van der Waals surface area (Å²) in [5.74, 6) is 1.65. The predicted octanol–water partition coefficient (Wildman–Crippen LogP) is 2.29. The lowest BCUT2D eigenvalue weighted by molar-refractivity contribution is -0.135. The maximum absolute atomic E-state index is 11.7. The van der Waals surface area contributed by atoms with Crippen molar-refractivity contribution in [1.82, 2.24) is 14.9 Å². The summed E-state index contributed by atoms with van der Waals surface area (Å²) in [6.45, 7) is 3.64. The van der Waals surface area contributed by atoms with Gasteiger partial charge in [0.1, 0.15) is 5.82 Å². The molecule has 0 aliphatic carbocycles. The van der Waals surface area contributed by atoms with E-state index in [1.165, 1.54) is 0 Å². The van der Waals surface area contributed by atoms with E-state index in [0.717, 1.165) is 36.4 Å². The van der Waals surface area contributed by atoms with Crippen LogP contribution in [0.25, 0.3) is 11.0 Å². The van der Waals surface area contributed by atoms with E-state index < -0.39 is 0 Å². The van der Waals surface area contributed by atoms with E-state index in [-0.39, 0.29) is 5.91 Å². The highest BCUT2D eigenvalue weighted by Gasteiger charge is 2.33. The first-order valence-corrected chi connectivity index (χ1v) is 6.50. The molecule has 0 spiro atoms. The lowest BCUT2D eigenvalue weighted by atomic mass is 9.99. The average molecular weight is 243 g/mol. The molecule has 18 heavy (non-hydrogen) atoms. The molecule has 1 saturated heterocycles. The van der Waals surface area contributed by atoms with Crippen LogP contribution in [0.5, 0.6) is 0 Å². The number of amides is 1. The summed E-state index contributed by atoms with van der Waals surface area (Å²) in [6.07, 6.45) is 1.58. The van der Waals surface area contributed by atoms with E-state index in [4.69, 9.17) is 0 Å². The fraction of sp³-hybridized carbons (Fsp3) is 0.429. The van der Waals surface area contributed by atoms with E-state index in [1.54, 1.807) is 0 Å². The minimum Gasteiger partial charge on any atom is -0.342 e. The topological polar surface area (TPSA) is 49.0 Å². The van der Waals surface area contributed by atoms with Gasteiger partial charge in [0.2, 0.25) is 5.91 Å². The Hall–Kier alpha value is -1.84. The Morgan fingerprint density at radius 1 is 1.44 bits per heavy atom. The van der Waals surface area contributed by atoms with E-state index in [0.29, 0.717) is 12.3 Å². The molecular formula is C14H17N3O. The zero-order valence-corrected chi connectivity index (χ0v) is 10.5. The molecule has 0 saturated carbocycles. The Labute approximate surface area is 106 Å². The summed E-state index contributed by atoms with van der Waals surface area (Å²) < 4.78 is 0. The molecular weight excluding hydrogens is 226 g/mol. The van der Waals surface area contributed by atoms with Crippen LogP contribution in [0.15, 0.2) is 24.3 Å². The number of hydrogen-bond donors (Lipinski definition) is 1. The molecule has 4 nitrogen and oxygen atoms in total. The zero-order chi connectivity index (χ0) is 12.5. The Morgan fingerprint density at radius 2 is 2.22 bits per heavy atom. The van der Waals surface area contributed by atoms with Crippen LogP contribution in [0, 0.1) is 0 Å². The standard InChI is InChI=1S/C14H17N3O/c1-2-5-13(18)17-8-10(9-17)14-15-11-6-3-4-7-12(11)16-14/h3-4,6-7,10H,2,5,8-9H2,1H3,(H,15,16). The van der Waals surface area contributed by atoms with Crippen molar-refractivity contribution in [2.45, 2.75) is 25.7 Å². The van der Waals surface area contributed by atoms with Gasteiger partial charge in [0.25, 0.3) is 0 Å². The molecule has 1 amide bonds. The SMILES string of the molecule is CCCC(=O)N1CC(c2nc3ccccc3[nH]2)C1. The third kappa shape index (κ3) is 1.88. The van der Waals surface area contributed by atoms with E-state index in [9.17, 15) is 4.79 Å². The highest BCUT2D eigenvalue weighted by Crippen LogP contribution is 2.27. The maximum Gasteiger partial charge on any atom is 0.222 e. The van der Waals surface area contributed by atoms with Crippen molar-refractivity contribution in [1.29, 1.82) is 0 Å². The third-order valence-electron chi connectivity index (χ3n) is 3.49. The molecule has 2 aromatic rings. The van der Waals surface area contributed by atoms with Crippen molar-refractivity contribution in [3.8, 4) is 0 Å². The summed E-state index contributed by atoms with van der Waals surface area (Å²) in [7, 11) is 0. The van der Waals surface area contributed by atoms with Gasteiger partial charge in [-0.3, -0.25) is 4.79 Å². The first-order valence-electron chi connectivity index (χ1n) is 6.50. The largest absolute Gasteiger partial charge is 0.342 e. The number of nitrogens with one attached hydrogen (secondary N) is 1. The molecule has 4 heteroatoms. The van der Waals surface area contributed by atoms with Crippen LogP contribution in [0.4, 0.5) is 0 Å². The van der Waals surface area contributed by atoms with Gasteiger partial charge < -0.3 is 9.88 Å². The molecule has 1 N–H and O–H groups in total. The van der Waals surface area contributed by atoms with Crippen LogP contribution in [0.3, 0.4) is 0 Å². The fourth-order valence-electron chi connectivity index (χ4n) is 2.39. The molecule has 3 rings (SSSR count). The van der Waals surface area contributed by atoms with Crippen molar-refractivity contribution >= 4 is 16.9 Å². The molecule has 2 heterocycles. The molecule has 94 valence electrons. The molecule has 0 unspecified atom stereocenters. The lowest BCUT2D eigenvalue weighted by Gasteiger charge is -2.38. The fourth-order valence-corrected chi connectivity index (χ4v) is 2.39. The van der Waals surface area contributed by atoms with Crippen LogP contribution in [-0.4, -0.2) is 33.9 Å². The number of likely N-dealkylation sites (tertiary alicyclic amines) is 1. The third-order valence-corrected chi connectivity index (χ3v) is 3.49. The molecule has 1 aliphatic heterocycles. The second kappa shape index (κ2) is 4.44. The van der Waals surface area contributed by atoms with E-state index >= 15 is 0 Å². The van der Waals surface area contributed by atoms with Gasteiger partial charge in [-0.15, -0.1) is 0 Å². The number of rotatable bonds is 3. The molecule has 0 bridgehead atoms. The van der Waals surface area contributed by atoms with E-state index in [1.807, 2.05) is 36.1 Å². The smallest absolute Gasteiger partial charge is 0.222 e. The number of para-hydroxylation sites is 2. The van der Waals surface area contributed by atoms with Crippen molar-refractivity contribution in [3.63, 3.8) is 0 Å². The summed E-state index contributed by atoms with van der Waals surface area (Å²) in [6, 6.07) is 8.03. The predicted molar refractivity (Wildman–Crippen MR) is 70.3 cm³/mol. The highest BCUT2D eigenvalue weighted by molar-refractivity contribution is 5.78. The lowest BCUT2D eigenvalue weighted by Crippen LogP contribution is -2.48. The Morgan fingerprint density at radius 3 is 2.94 bits per heavy atom. The second-order valence-corrected chi connectivity index (χ2v) is 4.88. The van der Waals surface area contributed by atoms with Crippen molar-refractivity contribution < 1.29 is 4.79 Å². The first kappa shape index (κ1) is 11.3. The number of carbonyl (C=O) groups excluding carboxylic acids is 1. The van der Waals surface area contributed by atoms with Crippen molar-refractivity contribution in [2.75, 3.05) is 13.1 Å². The minimum atomic E-state index is 0.268. The quantitative estimate of drug-likeness (QED) is 0.899. The van der Waals surface area contributed by atoms with Gasteiger partial charge in [-0.05, 0) is 18.6 Å². The summed E-state index contributed by atoms with van der Waals surface area (Å²) in [5, 5.41) is 0. The molecule has 1 fully saturated rings. The summed E-state index contributed by atoms with van der Waals surface area (Å²) in [4.78, 5) is 21.5. The summed E-state index contributed by atoms with van der Waals surface area (Å²) in [5.41, 5.74) is 2.08. The number of H-pyrrole nitrogens is 1. The Balaban J connectivity index is 1.69. The number of benzene rings is 1. The van der Waals surface area contributed by atoms with Gasteiger partial charge >= 0.3 is 0 Å². The maximum atomic E-state index is 11.7. The van der Waals surface area contributed by atoms with E-state index in [2.05, 4.69) is 9.97 Å². The number of fused-ring (bicyclic) bond motifs is 1. The monoisotopic (exact) mass is 243 g/mol. The van der Waals surface area contributed by atoms with Gasteiger partial charge in [0, 0.05) is 19.5 Å². The van der Waals surface area contributed by atoms with Crippen LogP contribution in [-0.2, 0) is 4.79 Å². The van der Waals surface area contributed by atoms with Gasteiger partial charge in [-0.2, -0.15) is 0 Å². The first-order chi connectivity index (χ1) is 8.78. The molecule has 0 atom stereocenters. The molecule has 1 aromatic heterocycles. The number of aromatic amines is 1. The van der Waals surface area contributed by atoms with Gasteiger partial charge in [-0.25, -0.2) is 4.98 Å². The van der Waals surface area contributed by atoms with Gasteiger partial charge in [-0.1, -0.05) is 19.1 Å². The van der Waals surface area contributed by atoms with Crippen LogP contribution in [0.1, 0.15) is 31.5 Å². The Kier molecular flexibility index (Phi) is 2.78. The molecule has 0 radical (unpaired) electrons. The average Bonchev–Trinajstić information content (AvgIpc) is 2.70. The second-order valence-electron chi connectivity index (χ2n) is 4.88. The van der Waals surface area contributed by atoms with Gasteiger partial charge in [0.05, 0.1) is 17.0 Å². The van der Waals surface area contributed by atoms with Crippen molar-refractivity contribution in [2.24, 2.45) is 0 Å². The minimum absolute atomic E-state index is 0.268. The number of imidazole rings is 1.